The van der Waals surface area contributed by atoms with Gasteiger partial charge in [-0.2, -0.15) is 0 Å². The Labute approximate surface area is 141 Å². The summed E-state index contributed by atoms with van der Waals surface area (Å²) in [5.74, 6) is -4.00. The van der Waals surface area contributed by atoms with E-state index in [1.54, 1.807) is 0 Å². The second-order valence-electron chi connectivity index (χ2n) is 6.13. The van der Waals surface area contributed by atoms with Crippen molar-refractivity contribution in [3.63, 3.8) is 0 Å². The lowest BCUT2D eigenvalue weighted by atomic mass is 10.1. The van der Waals surface area contributed by atoms with E-state index in [4.69, 9.17) is 23.2 Å². The molecule has 1 N–H and O–H groups in total. The molecule has 2 aliphatic carbocycles. The number of ketones is 2. The molecule has 4 unspecified atom stereocenters. The summed E-state index contributed by atoms with van der Waals surface area (Å²) >= 11 is 10.7. The summed E-state index contributed by atoms with van der Waals surface area (Å²) in [4.78, 5) is 45.9. The maximum Gasteiger partial charge on any atom is 0.234 e. The fourth-order valence-corrected chi connectivity index (χ4v) is 2.81. The van der Waals surface area contributed by atoms with Gasteiger partial charge < -0.3 is 0 Å². The minimum absolute atomic E-state index is 0.0626. The normalized spacial score (nSPS) is 34.6. The number of hydrogen-bond acceptors (Lipinski definition) is 4. The highest BCUT2D eigenvalue weighted by atomic mass is 35.5. The van der Waals surface area contributed by atoms with Gasteiger partial charge in [0.15, 0.2) is 10.3 Å². The van der Waals surface area contributed by atoms with Crippen LogP contribution in [0.5, 0.6) is 0 Å². The van der Waals surface area contributed by atoms with Gasteiger partial charge in [0.2, 0.25) is 11.8 Å². The Morgan fingerprint density at radius 2 is 1.17 bits per heavy atom. The number of hydrogen-bond donors (Lipinski definition) is 1. The molecule has 0 aliphatic heterocycles. The molecule has 9 heteroatoms. The van der Waals surface area contributed by atoms with Gasteiger partial charge in [-0.3, -0.25) is 24.5 Å². The first-order valence-corrected chi connectivity index (χ1v) is 7.87. The molecule has 0 aromatic rings. The van der Waals surface area contributed by atoms with Crippen molar-refractivity contribution in [2.45, 2.75) is 48.8 Å². The van der Waals surface area contributed by atoms with Gasteiger partial charge in [0, 0.05) is 37.5 Å². The predicted molar refractivity (Wildman–Crippen MR) is 77.2 cm³/mol. The van der Waals surface area contributed by atoms with Gasteiger partial charge in [-0.15, -0.1) is 0 Å². The number of imide groups is 1. The number of nitrogens with one attached hydrogen (secondary N) is 1. The monoisotopic (exact) mass is 369 g/mol. The van der Waals surface area contributed by atoms with E-state index in [-0.39, 0.29) is 25.7 Å². The topological polar surface area (TPSA) is 80.3 Å². The Balaban J connectivity index is 1.63. The molecule has 0 aromatic heterocycles. The van der Waals surface area contributed by atoms with Crippen molar-refractivity contribution < 1.29 is 28.0 Å². The van der Waals surface area contributed by atoms with Crippen LogP contribution >= 0.6 is 23.2 Å². The summed E-state index contributed by atoms with van der Waals surface area (Å²) in [6.07, 6.45) is -1.38. The number of carbonyl (C=O) groups excluding carboxylic acids is 4. The van der Waals surface area contributed by atoms with Gasteiger partial charge in [-0.05, 0) is 0 Å². The van der Waals surface area contributed by atoms with E-state index in [9.17, 15) is 28.0 Å². The second-order valence-corrected chi connectivity index (χ2v) is 7.39. The molecule has 0 heterocycles. The van der Waals surface area contributed by atoms with Crippen LogP contribution in [0.25, 0.3) is 0 Å². The molecule has 5 nitrogen and oxygen atoms in total. The van der Waals surface area contributed by atoms with E-state index in [0.717, 1.165) is 0 Å². The van der Waals surface area contributed by atoms with Crippen LogP contribution in [-0.4, -0.2) is 33.6 Å². The highest BCUT2D eigenvalue weighted by molar-refractivity contribution is 6.25. The molecule has 2 saturated carbocycles. The van der Waals surface area contributed by atoms with Gasteiger partial charge in [0.05, 0.1) is 12.8 Å². The Kier molecular flexibility index (Phi) is 5.11. The molecular formula is C14H15Cl2F2NO4. The molecule has 2 rings (SSSR count). The van der Waals surface area contributed by atoms with Gasteiger partial charge in [0.1, 0.15) is 11.6 Å². The predicted octanol–water partition coefficient (Wildman–Crippen LogP) is 2.18. The van der Waals surface area contributed by atoms with Gasteiger partial charge in [-0.1, -0.05) is 23.2 Å². The summed E-state index contributed by atoms with van der Waals surface area (Å²) in [6, 6.07) is 0. The number of Topliss-reactive ketones (excluding diaryl/α,β-unsaturated/α-hetero) is 2. The molecule has 4 atom stereocenters. The summed E-state index contributed by atoms with van der Waals surface area (Å²) in [5.41, 5.74) is 0. The Morgan fingerprint density at radius 3 is 1.43 bits per heavy atom. The second kappa shape index (κ2) is 6.43. The van der Waals surface area contributed by atoms with Crippen LogP contribution in [0, 0.1) is 11.8 Å². The Morgan fingerprint density at radius 1 is 0.870 bits per heavy atom. The maximum atomic E-state index is 13.1. The number of halogens is 4. The number of alkyl halides is 4. The third kappa shape index (κ3) is 5.49. The van der Waals surface area contributed by atoms with Gasteiger partial charge >= 0.3 is 0 Å². The summed E-state index contributed by atoms with van der Waals surface area (Å²) in [7, 11) is 0. The average Bonchev–Trinajstić information content (AvgIpc) is 3.13. The molecule has 2 fully saturated rings. The van der Waals surface area contributed by atoms with Crippen molar-refractivity contribution in [3.8, 4) is 0 Å². The third-order valence-corrected chi connectivity index (χ3v) is 4.78. The number of rotatable bonds is 8. The van der Waals surface area contributed by atoms with E-state index in [1.807, 2.05) is 5.32 Å². The van der Waals surface area contributed by atoms with E-state index >= 15 is 0 Å². The SMILES string of the molecule is O=C(CC(=O)NC(=O)CC(=O)CC1CC1(F)Cl)CC1CC1(F)Cl. The zero-order valence-corrected chi connectivity index (χ0v) is 13.6. The molecule has 128 valence electrons. The molecule has 0 bridgehead atoms. The van der Waals surface area contributed by atoms with Crippen molar-refractivity contribution in [1.82, 2.24) is 5.32 Å². The van der Waals surface area contributed by atoms with Crippen LogP contribution in [0.4, 0.5) is 8.78 Å². The number of carbonyl (C=O) groups is 4. The fraction of sp³-hybridized carbons (Fsp3) is 0.714. The van der Waals surface area contributed by atoms with Crippen LogP contribution in [0.15, 0.2) is 0 Å². The van der Waals surface area contributed by atoms with Crippen molar-refractivity contribution in [2.24, 2.45) is 11.8 Å². The zero-order valence-electron chi connectivity index (χ0n) is 12.0. The fourth-order valence-electron chi connectivity index (χ4n) is 2.28. The standard InChI is InChI=1S/C14H15Cl2F2NO4/c15-13(17)5-7(13)1-9(20)3-11(22)19-12(23)4-10(21)2-8-6-14(8,16)18/h7-8H,1-6H2,(H,19,22,23). The third-order valence-electron chi connectivity index (χ3n) is 3.85. The largest absolute Gasteiger partial charge is 0.299 e. The Bertz CT molecular complexity index is 517. The lowest BCUT2D eigenvalue weighted by Crippen LogP contribution is -2.33. The van der Waals surface area contributed by atoms with E-state index in [1.165, 1.54) is 0 Å². The van der Waals surface area contributed by atoms with Gasteiger partial charge in [0.25, 0.3) is 0 Å². The minimum atomic E-state index is -1.87. The first-order chi connectivity index (χ1) is 10.5. The lowest BCUT2D eigenvalue weighted by Gasteiger charge is -2.04. The lowest BCUT2D eigenvalue weighted by molar-refractivity contribution is -0.134. The first kappa shape index (κ1) is 18.3. The van der Waals surface area contributed by atoms with Crippen molar-refractivity contribution in [3.05, 3.63) is 0 Å². The molecule has 0 radical (unpaired) electrons. The maximum absolute atomic E-state index is 13.1. The van der Waals surface area contributed by atoms with Crippen LogP contribution in [-0.2, 0) is 19.2 Å². The quantitative estimate of drug-likeness (QED) is 0.525. The smallest absolute Gasteiger partial charge is 0.234 e. The molecular weight excluding hydrogens is 355 g/mol. The van der Waals surface area contributed by atoms with E-state index in [0.29, 0.717) is 0 Å². The molecule has 0 aromatic carbocycles. The molecule has 0 saturated heterocycles. The molecule has 2 amide bonds. The molecule has 23 heavy (non-hydrogen) atoms. The van der Waals surface area contributed by atoms with E-state index < -0.39 is 58.3 Å². The van der Waals surface area contributed by atoms with Gasteiger partial charge in [-0.25, -0.2) is 8.78 Å². The van der Waals surface area contributed by atoms with Crippen LogP contribution in [0.3, 0.4) is 0 Å². The van der Waals surface area contributed by atoms with Crippen LogP contribution in [0.1, 0.15) is 38.5 Å². The summed E-state index contributed by atoms with van der Waals surface area (Å²) in [6.45, 7) is 0. The summed E-state index contributed by atoms with van der Waals surface area (Å²) < 4.78 is 26.1. The highest BCUT2D eigenvalue weighted by Gasteiger charge is 2.55. The first-order valence-electron chi connectivity index (χ1n) is 7.11. The van der Waals surface area contributed by atoms with Crippen LogP contribution < -0.4 is 5.32 Å². The van der Waals surface area contributed by atoms with Crippen LogP contribution in [0.2, 0.25) is 0 Å². The van der Waals surface area contributed by atoms with Crippen molar-refractivity contribution in [2.75, 3.05) is 0 Å². The minimum Gasteiger partial charge on any atom is -0.299 e. The van der Waals surface area contributed by atoms with E-state index in [2.05, 4.69) is 0 Å². The van der Waals surface area contributed by atoms with Crippen molar-refractivity contribution in [1.29, 1.82) is 0 Å². The average molecular weight is 370 g/mol. The number of amides is 2. The Hall–Kier alpha value is -1.08. The molecule has 2 aliphatic rings. The molecule has 0 spiro atoms. The zero-order chi connectivity index (χ0) is 17.4. The van der Waals surface area contributed by atoms with Crippen molar-refractivity contribution >= 4 is 46.6 Å². The highest BCUT2D eigenvalue weighted by Crippen LogP contribution is 2.53. The summed E-state index contributed by atoms with van der Waals surface area (Å²) in [5, 5.41) is -1.84.